The maximum absolute atomic E-state index is 6.25. The van der Waals surface area contributed by atoms with Gasteiger partial charge >= 0.3 is 0 Å². The van der Waals surface area contributed by atoms with Crippen LogP contribution in [0.3, 0.4) is 0 Å². The smallest absolute Gasteiger partial charge is 0.180 e. The van der Waals surface area contributed by atoms with Crippen LogP contribution >= 0.6 is 11.6 Å². The molecule has 2 aromatic heterocycles. The van der Waals surface area contributed by atoms with Crippen molar-refractivity contribution in [2.45, 2.75) is 13.0 Å². The lowest BCUT2D eigenvalue weighted by Crippen LogP contribution is -2.11. The van der Waals surface area contributed by atoms with Gasteiger partial charge in [-0.25, -0.2) is 9.97 Å². The van der Waals surface area contributed by atoms with Crippen molar-refractivity contribution in [3.8, 4) is 0 Å². The van der Waals surface area contributed by atoms with Gasteiger partial charge < -0.3 is 15.0 Å². The molecule has 6 heteroatoms. The lowest BCUT2D eigenvalue weighted by Gasteiger charge is -2.17. The summed E-state index contributed by atoms with van der Waals surface area (Å²) in [6.07, 6.45) is 5.54. The molecule has 0 spiro atoms. The molecule has 5 nitrogen and oxygen atoms in total. The maximum Gasteiger partial charge on any atom is 0.180 e. The van der Waals surface area contributed by atoms with E-state index in [4.69, 9.17) is 11.6 Å². The largest absolute Gasteiger partial charge is 0.372 e. The van der Waals surface area contributed by atoms with Gasteiger partial charge in [0.05, 0.1) is 12.2 Å². The van der Waals surface area contributed by atoms with Crippen LogP contribution in [-0.2, 0) is 0 Å². The van der Waals surface area contributed by atoms with E-state index in [-0.39, 0.29) is 6.04 Å². The number of imidazole rings is 1. The maximum atomic E-state index is 6.25. The Labute approximate surface area is 128 Å². The predicted molar refractivity (Wildman–Crippen MR) is 86.0 cm³/mol. The molecule has 0 saturated carbocycles. The molecule has 2 heterocycles. The average molecular weight is 302 g/mol. The summed E-state index contributed by atoms with van der Waals surface area (Å²) >= 11 is 6.25. The molecule has 21 heavy (non-hydrogen) atoms. The highest BCUT2D eigenvalue weighted by molar-refractivity contribution is 6.31. The van der Waals surface area contributed by atoms with Crippen molar-refractivity contribution in [2.24, 2.45) is 0 Å². The lowest BCUT2D eigenvalue weighted by molar-refractivity contribution is 0.873. The number of hydrogen-bond acceptors (Lipinski definition) is 4. The molecule has 1 atom stereocenters. The molecule has 0 aliphatic rings. The number of rotatable bonds is 4. The summed E-state index contributed by atoms with van der Waals surface area (Å²) in [6, 6.07) is 7.81. The molecule has 3 rings (SSSR count). The number of fused-ring (bicyclic) bond motifs is 1. The van der Waals surface area contributed by atoms with Crippen LogP contribution < -0.4 is 10.6 Å². The van der Waals surface area contributed by atoms with Crippen LogP contribution in [0.4, 0.5) is 11.6 Å². The van der Waals surface area contributed by atoms with Crippen molar-refractivity contribution >= 4 is 28.9 Å². The first-order valence-electron chi connectivity index (χ1n) is 6.71. The number of hydrogen-bond donors (Lipinski definition) is 2. The number of anilines is 2. The summed E-state index contributed by atoms with van der Waals surface area (Å²) in [5, 5.41) is 7.17. The van der Waals surface area contributed by atoms with E-state index < -0.39 is 0 Å². The van der Waals surface area contributed by atoms with Gasteiger partial charge in [-0.2, -0.15) is 0 Å². The van der Waals surface area contributed by atoms with E-state index >= 15 is 0 Å². The van der Waals surface area contributed by atoms with Crippen LogP contribution in [0.1, 0.15) is 18.5 Å². The Morgan fingerprint density at radius 2 is 2.10 bits per heavy atom. The first-order valence-corrected chi connectivity index (χ1v) is 7.09. The third-order valence-corrected chi connectivity index (χ3v) is 3.70. The van der Waals surface area contributed by atoms with Crippen LogP contribution in [0.15, 0.2) is 42.9 Å². The first-order chi connectivity index (χ1) is 10.2. The van der Waals surface area contributed by atoms with Gasteiger partial charge in [0.25, 0.3) is 0 Å². The Bertz CT molecular complexity index is 768. The van der Waals surface area contributed by atoms with Crippen molar-refractivity contribution in [3.05, 3.63) is 53.4 Å². The normalized spacial score (nSPS) is 12.3. The summed E-state index contributed by atoms with van der Waals surface area (Å²) in [7, 11) is 1.84. The second-order valence-corrected chi connectivity index (χ2v) is 5.18. The van der Waals surface area contributed by atoms with Crippen molar-refractivity contribution in [2.75, 3.05) is 17.7 Å². The molecule has 0 saturated heterocycles. The Kier molecular flexibility index (Phi) is 3.66. The van der Waals surface area contributed by atoms with E-state index in [0.29, 0.717) is 0 Å². The third kappa shape index (κ3) is 2.64. The Balaban J connectivity index is 1.97. The number of benzene rings is 1. The van der Waals surface area contributed by atoms with E-state index in [2.05, 4.69) is 20.6 Å². The summed E-state index contributed by atoms with van der Waals surface area (Å²) in [4.78, 5) is 8.88. The van der Waals surface area contributed by atoms with Crippen molar-refractivity contribution in [1.82, 2.24) is 14.4 Å². The van der Waals surface area contributed by atoms with Gasteiger partial charge in [-0.1, -0.05) is 29.8 Å². The highest BCUT2D eigenvalue weighted by atomic mass is 35.5. The molecule has 0 amide bonds. The Hall–Kier alpha value is -2.27. The highest BCUT2D eigenvalue weighted by Crippen LogP contribution is 2.26. The van der Waals surface area contributed by atoms with E-state index in [1.807, 2.05) is 55.0 Å². The van der Waals surface area contributed by atoms with E-state index in [1.54, 1.807) is 6.20 Å². The summed E-state index contributed by atoms with van der Waals surface area (Å²) in [5.74, 6) is 1.49. The summed E-state index contributed by atoms with van der Waals surface area (Å²) in [5.41, 5.74) is 1.81. The van der Waals surface area contributed by atoms with Gasteiger partial charge in [0.2, 0.25) is 0 Å². The predicted octanol–water partition coefficient (Wildman–Crippen LogP) is 3.60. The monoisotopic (exact) mass is 301 g/mol. The summed E-state index contributed by atoms with van der Waals surface area (Å²) in [6.45, 7) is 2.05. The number of aromatic nitrogens is 3. The highest BCUT2D eigenvalue weighted by Gasteiger charge is 2.13. The fourth-order valence-electron chi connectivity index (χ4n) is 2.26. The van der Waals surface area contributed by atoms with Crippen LogP contribution in [-0.4, -0.2) is 21.4 Å². The minimum atomic E-state index is 0.0267. The fraction of sp³-hybridized carbons (Fsp3) is 0.200. The van der Waals surface area contributed by atoms with Crippen molar-refractivity contribution in [3.63, 3.8) is 0 Å². The molecule has 0 aliphatic heterocycles. The average Bonchev–Trinajstić information content (AvgIpc) is 2.96. The second-order valence-electron chi connectivity index (χ2n) is 4.77. The van der Waals surface area contributed by atoms with Crippen molar-refractivity contribution < 1.29 is 0 Å². The van der Waals surface area contributed by atoms with Gasteiger partial charge in [0.15, 0.2) is 11.5 Å². The van der Waals surface area contributed by atoms with E-state index in [9.17, 15) is 0 Å². The molecule has 0 aliphatic carbocycles. The molecule has 0 bridgehead atoms. The van der Waals surface area contributed by atoms with Gasteiger partial charge in [0, 0.05) is 24.5 Å². The fourth-order valence-corrected chi connectivity index (χ4v) is 2.56. The molecular formula is C15H16ClN5. The van der Waals surface area contributed by atoms with Crippen LogP contribution in [0.25, 0.3) is 5.65 Å². The standard InChI is InChI=1S/C15H16ClN5/c1-10(11-5-3-4-6-12(11)16)19-14-15-18-7-8-21(15)9-13(17-2)20-14/h3-10,17H,1-2H3,(H,19,20). The molecule has 2 N–H and O–H groups in total. The number of nitrogens with zero attached hydrogens (tertiary/aromatic N) is 3. The topological polar surface area (TPSA) is 54.2 Å². The number of halogens is 1. The molecule has 1 unspecified atom stereocenters. The third-order valence-electron chi connectivity index (χ3n) is 3.36. The summed E-state index contributed by atoms with van der Waals surface area (Å²) < 4.78 is 1.93. The molecular weight excluding hydrogens is 286 g/mol. The van der Waals surface area contributed by atoms with Gasteiger partial charge in [-0.15, -0.1) is 0 Å². The Morgan fingerprint density at radius 1 is 1.29 bits per heavy atom. The minimum absolute atomic E-state index is 0.0267. The molecule has 0 radical (unpaired) electrons. The van der Waals surface area contributed by atoms with Crippen LogP contribution in [0.5, 0.6) is 0 Å². The van der Waals surface area contributed by atoms with Crippen molar-refractivity contribution in [1.29, 1.82) is 0 Å². The first kappa shape index (κ1) is 13.7. The Morgan fingerprint density at radius 3 is 2.86 bits per heavy atom. The van der Waals surface area contributed by atoms with Gasteiger partial charge in [-0.05, 0) is 18.6 Å². The zero-order chi connectivity index (χ0) is 14.8. The van der Waals surface area contributed by atoms with Crippen LogP contribution in [0, 0.1) is 0 Å². The van der Waals surface area contributed by atoms with Gasteiger partial charge in [0.1, 0.15) is 5.82 Å². The van der Waals surface area contributed by atoms with E-state index in [1.165, 1.54) is 0 Å². The van der Waals surface area contributed by atoms with Gasteiger partial charge in [-0.3, -0.25) is 0 Å². The zero-order valence-electron chi connectivity index (χ0n) is 11.8. The molecule has 0 fully saturated rings. The molecule has 108 valence electrons. The minimum Gasteiger partial charge on any atom is -0.372 e. The van der Waals surface area contributed by atoms with Crippen LogP contribution in [0.2, 0.25) is 5.02 Å². The quantitative estimate of drug-likeness (QED) is 0.773. The second kappa shape index (κ2) is 5.61. The molecule has 1 aromatic carbocycles. The lowest BCUT2D eigenvalue weighted by atomic mass is 10.1. The molecule has 3 aromatic rings. The zero-order valence-corrected chi connectivity index (χ0v) is 12.6. The van der Waals surface area contributed by atoms with E-state index in [0.717, 1.165) is 27.9 Å². The SMILES string of the molecule is CNc1cn2ccnc2c(NC(C)c2ccccc2Cl)n1. The number of nitrogens with one attached hydrogen (secondary N) is 2.